The molecule has 7 heteroatoms. The first-order valence-electron chi connectivity index (χ1n) is 4.45. The molecule has 16 heavy (non-hydrogen) atoms. The van der Waals surface area contributed by atoms with Crippen LogP contribution in [-0.2, 0) is 16.1 Å². The van der Waals surface area contributed by atoms with Crippen molar-refractivity contribution in [2.75, 3.05) is 7.05 Å². The van der Waals surface area contributed by atoms with Gasteiger partial charge in [-0.1, -0.05) is 0 Å². The van der Waals surface area contributed by atoms with Crippen molar-refractivity contribution in [1.29, 1.82) is 0 Å². The lowest BCUT2D eigenvalue weighted by Crippen LogP contribution is -2.47. The highest BCUT2D eigenvalue weighted by Gasteiger charge is 2.23. The number of rotatable bonds is 5. The molecule has 1 amide bonds. The van der Waals surface area contributed by atoms with Crippen LogP contribution < -0.4 is 10.6 Å². The van der Waals surface area contributed by atoms with Gasteiger partial charge in [-0.2, -0.15) is 0 Å². The monoisotopic (exact) mass is 306 g/mol. The highest BCUT2D eigenvalue weighted by atomic mass is 79.9. The molecule has 0 aliphatic carbocycles. The molecule has 0 fully saturated rings. The minimum atomic E-state index is -1.21. The number of hydrogen-bond donors (Lipinski definition) is 3. The van der Waals surface area contributed by atoms with Crippen LogP contribution in [0.5, 0.6) is 0 Å². The zero-order valence-electron chi connectivity index (χ0n) is 8.49. The van der Waals surface area contributed by atoms with E-state index in [1.807, 2.05) is 11.4 Å². The van der Waals surface area contributed by atoms with Gasteiger partial charge in [0, 0.05) is 14.7 Å². The van der Waals surface area contributed by atoms with Gasteiger partial charge in [0.1, 0.15) is 0 Å². The molecule has 1 atom stereocenters. The van der Waals surface area contributed by atoms with Crippen LogP contribution in [0.2, 0.25) is 0 Å². The highest BCUT2D eigenvalue weighted by Crippen LogP contribution is 2.19. The van der Waals surface area contributed by atoms with Crippen LogP contribution in [0, 0.1) is 0 Å². The number of carboxylic acids is 1. The van der Waals surface area contributed by atoms with Crippen LogP contribution in [-0.4, -0.2) is 30.1 Å². The number of carboxylic acid groups (broad SMARTS) is 1. The first-order chi connectivity index (χ1) is 7.54. The number of aliphatic carboxylic acids is 1. The Labute approximate surface area is 105 Å². The maximum absolute atomic E-state index is 11.4. The Morgan fingerprint density at radius 1 is 1.62 bits per heavy atom. The molecule has 1 unspecified atom stereocenters. The van der Waals surface area contributed by atoms with Gasteiger partial charge in [-0.3, -0.25) is 10.1 Å². The number of thiophene rings is 1. The summed E-state index contributed by atoms with van der Waals surface area (Å²) in [7, 11) is 1.43. The van der Waals surface area contributed by atoms with Crippen molar-refractivity contribution in [3.05, 3.63) is 20.8 Å². The van der Waals surface area contributed by atoms with E-state index in [1.165, 1.54) is 18.4 Å². The molecule has 1 heterocycles. The minimum Gasteiger partial charge on any atom is -0.480 e. The molecule has 0 saturated carbocycles. The smallest absolute Gasteiger partial charge is 0.330 e. The quantitative estimate of drug-likeness (QED) is 0.703. The van der Waals surface area contributed by atoms with Gasteiger partial charge in [0.15, 0.2) is 6.04 Å². The SMILES string of the molecule is CNC(C(=O)O)C(=O)NCc1cc(Br)cs1. The van der Waals surface area contributed by atoms with Crippen molar-refractivity contribution in [2.45, 2.75) is 12.6 Å². The van der Waals surface area contributed by atoms with Crippen molar-refractivity contribution < 1.29 is 14.7 Å². The van der Waals surface area contributed by atoms with Gasteiger partial charge in [-0.25, -0.2) is 4.79 Å². The molecule has 0 aliphatic rings. The topological polar surface area (TPSA) is 78.4 Å². The minimum absolute atomic E-state index is 0.334. The average Bonchev–Trinajstić information content (AvgIpc) is 2.62. The average molecular weight is 307 g/mol. The lowest BCUT2D eigenvalue weighted by Gasteiger charge is -2.10. The maximum Gasteiger partial charge on any atom is 0.330 e. The zero-order chi connectivity index (χ0) is 12.1. The molecule has 1 rings (SSSR count). The summed E-state index contributed by atoms with van der Waals surface area (Å²) in [6, 6.07) is 0.670. The van der Waals surface area contributed by atoms with Crippen LogP contribution >= 0.6 is 27.3 Å². The predicted octanol–water partition coefficient (Wildman–Crippen LogP) is 0.799. The van der Waals surface area contributed by atoms with Crippen molar-refractivity contribution >= 4 is 39.1 Å². The normalized spacial score (nSPS) is 12.1. The van der Waals surface area contributed by atoms with E-state index in [9.17, 15) is 9.59 Å². The molecule has 0 aromatic carbocycles. The summed E-state index contributed by atoms with van der Waals surface area (Å²) in [5, 5.41) is 15.6. The van der Waals surface area contributed by atoms with Gasteiger partial charge in [0.05, 0.1) is 6.54 Å². The second kappa shape index (κ2) is 5.97. The predicted molar refractivity (Wildman–Crippen MR) is 64.3 cm³/mol. The number of amides is 1. The fraction of sp³-hybridized carbons (Fsp3) is 0.333. The van der Waals surface area contributed by atoms with Crippen molar-refractivity contribution in [3.63, 3.8) is 0 Å². The standard InChI is InChI=1S/C9H11BrN2O3S/c1-11-7(9(14)15)8(13)12-3-6-2-5(10)4-16-6/h2,4,7,11H,3H2,1H3,(H,12,13)(H,14,15). The molecule has 88 valence electrons. The molecule has 0 bridgehead atoms. The number of carbonyl (C=O) groups is 2. The van der Waals surface area contributed by atoms with Crippen molar-refractivity contribution in [1.82, 2.24) is 10.6 Å². The molecule has 1 aromatic rings. The third kappa shape index (κ3) is 3.58. The lowest BCUT2D eigenvalue weighted by atomic mass is 10.3. The zero-order valence-corrected chi connectivity index (χ0v) is 10.9. The molecule has 0 saturated heterocycles. The summed E-state index contributed by atoms with van der Waals surface area (Å²) < 4.78 is 0.949. The van der Waals surface area contributed by atoms with Gasteiger partial charge in [-0.05, 0) is 29.0 Å². The van der Waals surface area contributed by atoms with Gasteiger partial charge < -0.3 is 10.4 Å². The number of likely N-dealkylation sites (N-methyl/N-ethyl adjacent to an activating group) is 1. The second-order valence-corrected chi connectivity index (χ2v) is 4.92. The largest absolute Gasteiger partial charge is 0.480 e. The van der Waals surface area contributed by atoms with E-state index in [-0.39, 0.29) is 0 Å². The fourth-order valence-corrected chi connectivity index (χ4v) is 2.48. The Morgan fingerprint density at radius 2 is 2.31 bits per heavy atom. The van der Waals surface area contributed by atoms with Gasteiger partial charge in [-0.15, -0.1) is 11.3 Å². The number of halogens is 1. The summed E-state index contributed by atoms with van der Waals surface area (Å²) in [5.74, 6) is -1.73. The van der Waals surface area contributed by atoms with E-state index in [0.29, 0.717) is 6.54 Å². The number of carbonyl (C=O) groups excluding carboxylic acids is 1. The van der Waals surface area contributed by atoms with Crippen LogP contribution in [0.4, 0.5) is 0 Å². The molecule has 1 aromatic heterocycles. The first kappa shape index (κ1) is 13.1. The lowest BCUT2D eigenvalue weighted by molar-refractivity contribution is -0.143. The molecular formula is C9H11BrN2O3S. The molecule has 3 N–H and O–H groups in total. The van der Waals surface area contributed by atoms with Crippen molar-refractivity contribution in [3.8, 4) is 0 Å². The van der Waals surface area contributed by atoms with E-state index < -0.39 is 17.9 Å². The molecule has 0 radical (unpaired) electrons. The van der Waals surface area contributed by atoms with Crippen molar-refractivity contribution in [2.24, 2.45) is 0 Å². The van der Waals surface area contributed by atoms with Crippen LogP contribution in [0.1, 0.15) is 4.88 Å². The van der Waals surface area contributed by atoms with E-state index in [0.717, 1.165) is 9.35 Å². The van der Waals surface area contributed by atoms with Crippen LogP contribution in [0.3, 0.4) is 0 Å². The van der Waals surface area contributed by atoms with Gasteiger partial charge >= 0.3 is 5.97 Å². The summed E-state index contributed by atoms with van der Waals surface area (Å²) in [6.45, 7) is 0.334. The third-order valence-electron chi connectivity index (χ3n) is 1.86. The fourth-order valence-electron chi connectivity index (χ4n) is 1.09. The summed E-state index contributed by atoms with van der Waals surface area (Å²) in [5.41, 5.74) is 0. The third-order valence-corrected chi connectivity index (χ3v) is 3.55. The Kier molecular flexibility index (Phi) is 4.91. The second-order valence-electron chi connectivity index (χ2n) is 3.01. The Bertz CT molecular complexity index is 394. The van der Waals surface area contributed by atoms with Crippen LogP contribution in [0.15, 0.2) is 15.9 Å². The van der Waals surface area contributed by atoms with E-state index in [2.05, 4.69) is 26.6 Å². The van der Waals surface area contributed by atoms with E-state index in [1.54, 1.807) is 0 Å². The summed E-state index contributed by atoms with van der Waals surface area (Å²) in [6.07, 6.45) is 0. The summed E-state index contributed by atoms with van der Waals surface area (Å²) in [4.78, 5) is 23.1. The maximum atomic E-state index is 11.4. The van der Waals surface area contributed by atoms with Gasteiger partial charge in [0.25, 0.3) is 0 Å². The Balaban J connectivity index is 2.49. The number of nitrogens with one attached hydrogen (secondary N) is 2. The Morgan fingerprint density at radius 3 is 2.75 bits per heavy atom. The number of hydrogen-bond acceptors (Lipinski definition) is 4. The Hall–Kier alpha value is -0.920. The summed E-state index contributed by atoms with van der Waals surface area (Å²) >= 11 is 4.79. The molecular weight excluding hydrogens is 296 g/mol. The molecule has 0 aliphatic heterocycles. The van der Waals surface area contributed by atoms with Crippen LogP contribution in [0.25, 0.3) is 0 Å². The molecule has 0 spiro atoms. The highest BCUT2D eigenvalue weighted by molar-refractivity contribution is 9.10. The van der Waals surface area contributed by atoms with E-state index >= 15 is 0 Å². The van der Waals surface area contributed by atoms with E-state index in [4.69, 9.17) is 5.11 Å². The van der Waals surface area contributed by atoms with Gasteiger partial charge in [0.2, 0.25) is 5.91 Å². The first-order valence-corrected chi connectivity index (χ1v) is 6.12. The molecule has 5 nitrogen and oxygen atoms in total.